The van der Waals surface area contributed by atoms with Crippen molar-refractivity contribution in [3.8, 4) is 11.3 Å². The molecule has 1 heterocycles. The van der Waals surface area contributed by atoms with Crippen LogP contribution in [0.1, 0.15) is 0 Å². The zero-order valence-electron chi connectivity index (χ0n) is 9.17. The van der Waals surface area contributed by atoms with Crippen LogP contribution in [-0.2, 0) is 0 Å². The van der Waals surface area contributed by atoms with Gasteiger partial charge in [-0.05, 0) is 16.8 Å². The molecule has 3 heteroatoms. The fourth-order valence-corrected chi connectivity index (χ4v) is 1.91. The summed E-state index contributed by atoms with van der Waals surface area (Å²) >= 11 is 0. The second-order valence-corrected chi connectivity index (χ2v) is 3.85. The lowest BCUT2D eigenvalue weighted by atomic mass is 10.1. The van der Waals surface area contributed by atoms with Crippen LogP contribution < -0.4 is 5.73 Å². The Balaban J connectivity index is 2.22. The van der Waals surface area contributed by atoms with E-state index in [1.165, 1.54) is 10.8 Å². The molecule has 17 heavy (non-hydrogen) atoms. The maximum absolute atomic E-state index is 5.82. The highest BCUT2D eigenvalue weighted by atomic mass is 14.9. The Morgan fingerprint density at radius 1 is 0.824 bits per heavy atom. The van der Waals surface area contributed by atoms with Gasteiger partial charge in [0.2, 0.25) is 0 Å². The number of hydrogen-bond acceptors (Lipinski definition) is 3. The van der Waals surface area contributed by atoms with E-state index in [0.29, 0.717) is 5.82 Å². The SMILES string of the molecule is Nc1nccnc1-c1ccc2ccccc2c1. The number of rotatable bonds is 1. The van der Waals surface area contributed by atoms with Crippen molar-refractivity contribution in [2.45, 2.75) is 0 Å². The molecule has 0 aliphatic rings. The third-order valence-electron chi connectivity index (χ3n) is 2.75. The first-order valence-electron chi connectivity index (χ1n) is 5.40. The summed E-state index contributed by atoms with van der Waals surface area (Å²) in [7, 11) is 0. The van der Waals surface area contributed by atoms with Crippen LogP contribution in [0.3, 0.4) is 0 Å². The van der Waals surface area contributed by atoms with Gasteiger partial charge in [0, 0.05) is 18.0 Å². The van der Waals surface area contributed by atoms with Crippen molar-refractivity contribution in [1.82, 2.24) is 9.97 Å². The molecule has 0 atom stereocenters. The second-order valence-electron chi connectivity index (χ2n) is 3.85. The van der Waals surface area contributed by atoms with Crippen LogP contribution in [-0.4, -0.2) is 9.97 Å². The molecule has 0 saturated heterocycles. The van der Waals surface area contributed by atoms with E-state index in [-0.39, 0.29) is 0 Å². The minimum absolute atomic E-state index is 0.461. The standard InChI is InChI=1S/C14H11N3/c15-14-13(16-7-8-17-14)12-6-5-10-3-1-2-4-11(10)9-12/h1-9H,(H2,15,17). The molecule has 2 N–H and O–H groups in total. The van der Waals surface area contributed by atoms with Crippen molar-refractivity contribution in [1.29, 1.82) is 0 Å². The predicted molar refractivity (Wildman–Crippen MR) is 69.4 cm³/mol. The molecule has 1 aromatic heterocycles. The van der Waals surface area contributed by atoms with Gasteiger partial charge in [-0.15, -0.1) is 0 Å². The van der Waals surface area contributed by atoms with Crippen LogP contribution in [0.2, 0.25) is 0 Å². The molecule has 0 fully saturated rings. The van der Waals surface area contributed by atoms with Gasteiger partial charge in [0.05, 0.1) is 0 Å². The van der Waals surface area contributed by atoms with E-state index in [9.17, 15) is 0 Å². The molecule has 0 saturated carbocycles. The van der Waals surface area contributed by atoms with E-state index >= 15 is 0 Å². The van der Waals surface area contributed by atoms with Crippen molar-refractivity contribution in [3.05, 3.63) is 54.9 Å². The summed E-state index contributed by atoms with van der Waals surface area (Å²) < 4.78 is 0. The summed E-state index contributed by atoms with van der Waals surface area (Å²) in [6.45, 7) is 0. The van der Waals surface area contributed by atoms with Crippen molar-refractivity contribution in [2.24, 2.45) is 0 Å². The molecule has 2 aromatic carbocycles. The van der Waals surface area contributed by atoms with Gasteiger partial charge in [0.25, 0.3) is 0 Å². The summed E-state index contributed by atoms with van der Waals surface area (Å²) in [4.78, 5) is 8.32. The number of nitrogens with two attached hydrogens (primary N) is 1. The van der Waals surface area contributed by atoms with Crippen LogP contribution in [0.5, 0.6) is 0 Å². The summed E-state index contributed by atoms with van der Waals surface area (Å²) in [5.41, 5.74) is 7.55. The Kier molecular flexibility index (Phi) is 2.22. The molecule has 0 radical (unpaired) electrons. The molecular weight excluding hydrogens is 210 g/mol. The maximum atomic E-state index is 5.82. The van der Waals surface area contributed by atoms with E-state index in [2.05, 4.69) is 34.2 Å². The predicted octanol–water partition coefficient (Wildman–Crippen LogP) is 2.88. The van der Waals surface area contributed by atoms with E-state index < -0.39 is 0 Å². The van der Waals surface area contributed by atoms with Gasteiger partial charge in [0.1, 0.15) is 11.5 Å². The molecule has 0 unspecified atom stereocenters. The molecule has 0 aliphatic heterocycles. The number of anilines is 1. The number of hydrogen-bond donors (Lipinski definition) is 1. The Hall–Kier alpha value is -2.42. The van der Waals surface area contributed by atoms with E-state index in [4.69, 9.17) is 5.73 Å². The lowest BCUT2D eigenvalue weighted by Crippen LogP contribution is -1.95. The lowest BCUT2D eigenvalue weighted by Gasteiger charge is -2.04. The molecular formula is C14H11N3. The average Bonchev–Trinajstić information content (AvgIpc) is 2.39. The second kappa shape index (κ2) is 3.87. The van der Waals surface area contributed by atoms with Gasteiger partial charge >= 0.3 is 0 Å². The fourth-order valence-electron chi connectivity index (χ4n) is 1.91. The molecule has 0 spiro atoms. The number of fused-ring (bicyclic) bond motifs is 1. The summed E-state index contributed by atoms with van der Waals surface area (Å²) in [5, 5.41) is 2.38. The van der Waals surface area contributed by atoms with Crippen LogP contribution in [0.15, 0.2) is 54.9 Å². The number of nitrogens with zero attached hydrogens (tertiary/aromatic N) is 2. The Bertz CT molecular complexity index is 677. The minimum Gasteiger partial charge on any atom is -0.382 e. The first kappa shape index (κ1) is 9.78. The van der Waals surface area contributed by atoms with Gasteiger partial charge in [-0.2, -0.15) is 0 Å². The zero-order chi connectivity index (χ0) is 11.7. The number of benzene rings is 2. The van der Waals surface area contributed by atoms with Crippen LogP contribution in [0.25, 0.3) is 22.0 Å². The van der Waals surface area contributed by atoms with Gasteiger partial charge in [-0.3, -0.25) is 4.98 Å². The van der Waals surface area contributed by atoms with E-state index in [1.807, 2.05) is 18.2 Å². The third-order valence-corrected chi connectivity index (χ3v) is 2.75. The summed E-state index contributed by atoms with van der Waals surface area (Å²) in [5.74, 6) is 0.461. The highest BCUT2D eigenvalue weighted by Gasteiger charge is 2.04. The van der Waals surface area contributed by atoms with Crippen molar-refractivity contribution < 1.29 is 0 Å². The first-order valence-corrected chi connectivity index (χ1v) is 5.40. The molecule has 0 bridgehead atoms. The summed E-state index contributed by atoms with van der Waals surface area (Å²) in [6, 6.07) is 14.4. The number of nitrogen functional groups attached to an aromatic ring is 1. The molecule has 0 aliphatic carbocycles. The van der Waals surface area contributed by atoms with Crippen LogP contribution in [0, 0.1) is 0 Å². The van der Waals surface area contributed by atoms with Gasteiger partial charge in [0.15, 0.2) is 0 Å². The van der Waals surface area contributed by atoms with Crippen molar-refractivity contribution in [2.75, 3.05) is 5.73 Å². The van der Waals surface area contributed by atoms with Crippen LogP contribution >= 0.6 is 0 Å². The van der Waals surface area contributed by atoms with Crippen molar-refractivity contribution in [3.63, 3.8) is 0 Å². The fraction of sp³-hybridized carbons (Fsp3) is 0. The molecule has 3 aromatic rings. The van der Waals surface area contributed by atoms with E-state index in [1.54, 1.807) is 12.4 Å². The highest BCUT2D eigenvalue weighted by molar-refractivity contribution is 5.87. The monoisotopic (exact) mass is 221 g/mol. The van der Waals surface area contributed by atoms with E-state index in [0.717, 1.165) is 11.3 Å². The zero-order valence-corrected chi connectivity index (χ0v) is 9.17. The molecule has 0 amide bonds. The molecule has 3 nitrogen and oxygen atoms in total. The Morgan fingerprint density at radius 3 is 2.41 bits per heavy atom. The quantitative estimate of drug-likeness (QED) is 0.687. The Labute approximate surface area is 98.9 Å². The van der Waals surface area contributed by atoms with Gasteiger partial charge in [-0.25, -0.2) is 4.98 Å². The summed E-state index contributed by atoms with van der Waals surface area (Å²) in [6.07, 6.45) is 3.25. The highest BCUT2D eigenvalue weighted by Crippen LogP contribution is 2.25. The third kappa shape index (κ3) is 1.72. The smallest absolute Gasteiger partial charge is 0.149 e. The first-order chi connectivity index (χ1) is 8.34. The van der Waals surface area contributed by atoms with Crippen molar-refractivity contribution >= 4 is 16.6 Å². The largest absolute Gasteiger partial charge is 0.382 e. The number of aromatic nitrogens is 2. The topological polar surface area (TPSA) is 51.8 Å². The molecule has 3 rings (SSSR count). The maximum Gasteiger partial charge on any atom is 0.149 e. The minimum atomic E-state index is 0.461. The van der Waals surface area contributed by atoms with Gasteiger partial charge in [-0.1, -0.05) is 36.4 Å². The Morgan fingerprint density at radius 2 is 1.59 bits per heavy atom. The van der Waals surface area contributed by atoms with Gasteiger partial charge < -0.3 is 5.73 Å². The van der Waals surface area contributed by atoms with Crippen LogP contribution in [0.4, 0.5) is 5.82 Å². The lowest BCUT2D eigenvalue weighted by molar-refractivity contribution is 1.22. The normalized spacial score (nSPS) is 10.6. The average molecular weight is 221 g/mol. The molecule has 82 valence electrons.